The van der Waals surface area contributed by atoms with E-state index in [1.807, 2.05) is 12.1 Å². The summed E-state index contributed by atoms with van der Waals surface area (Å²) < 4.78 is 6.33. The molecule has 0 spiro atoms. The van der Waals surface area contributed by atoms with Gasteiger partial charge in [-0.25, -0.2) is 0 Å². The third-order valence-electron chi connectivity index (χ3n) is 1.33. The SMILES string of the molecule is COc1ccc([Te](Br)(Br)Br)cc1. The first-order valence-electron chi connectivity index (χ1n) is 3.10. The van der Waals surface area contributed by atoms with E-state index in [2.05, 4.69) is 50.4 Å². The van der Waals surface area contributed by atoms with Gasteiger partial charge < -0.3 is 0 Å². The van der Waals surface area contributed by atoms with Gasteiger partial charge in [0.1, 0.15) is 0 Å². The predicted octanol–water partition coefficient (Wildman–Crippen LogP) is 3.03. The summed E-state index contributed by atoms with van der Waals surface area (Å²) in [7, 11) is 1.67. The van der Waals surface area contributed by atoms with Crippen molar-refractivity contribution in [2.45, 2.75) is 0 Å². The van der Waals surface area contributed by atoms with Gasteiger partial charge in [0.15, 0.2) is 0 Å². The Morgan fingerprint density at radius 1 is 1.08 bits per heavy atom. The van der Waals surface area contributed by atoms with Crippen molar-refractivity contribution in [1.29, 1.82) is 0 Å². The Morgan fingerprint density at radius 2 is 1.58 bits per heavy atom. The molecule has 0 atom stereocenters. The number of halogens is 3. The number of benzene rings is 1. The molecule has 0 aliphatic rings. The molecule has 0 fully saturated rings. The van der Waals surface area contributed by atoms with Gasteiger partial charge in [0.2, 0.25) is 0 Å². The maximum atomic E-state index is 5.06. The molecule has 0 amide bonds. The maximum absolute atomic E-state index is 5.06. The molecule has 0 radical (unpaired) electrons. The van der Waals surface area contributed by atoms with Crippen LogP contribution in [0.2, 0.25) is 0 Å². The van der Waals surface area contributed by atoms with E-state index in [-0.39, 0.29) is 0 Å². The molecule has 0 unspecified atom stereocenters. The number of methoxy groups -OCH3 is 1. The summed E-state index contributed by atoms with van der Waals surface area (Å²) in [5, 5.41) is 0. The molecular formula is C7H7Br3OTe. The van der Waals surface area contributed by atoms with Gasteiger partial charge in [-0.2, -0.15) is 0 Å². The van der Waals surface area contributed by atoms with Crippen molar-refractivity contribution in [2.24, 2.45) is 0 Å². The Morgan fingerprint density at radius 3 is 1.92 bits per heavy atom. The van der Waals surface area contributed by atoms with E-state index < -0.39 is 11.6 Å². The van der Waals surface area contributed by atoms with Crippen LogP contribution in [0.1, 0.15) is 0 Å². The van der Waals surface area contributed by atoms with Crippen LogP contribution in [0.25, 0.3) is 0 Å². The molecule has 1 aromatic rings. The fraction of sp³-hybridized carbons (Fsp3) is 0.143. The summed E-state index contributed by atoms with van der Waals surface area (Å²) in [6.07, 6.45) is 0. The quantitative estimate of drug-likeness (QED) is 0.599. The van der Waals surface area contributed by atoms with Crippen LogP contribution in [-0.4, -0.2) is 18.7 Å². The average Bonchev–Trinajstić information content (AvgIpc) is 2.03. The molecule has 0 N–H and O–H groups in total. The van der Waals surface area contributed by atoms with E-state index in [1.165, 1.54) is 3.61 Å². The monoisotopic (exact) mass is 474 g/mol. The van der Waals surface area contributed by atoms with Crippen molar-refractivity contribution in [2.75, 3.05) is 7.11 Å². The normalized spacial score (nSPS) is 12.7. The third kappa shape index (κ3) is 3.19. The Balaban J connectivity index is 2.93. The number of rotatable bonds is 2. The Labute approximate surface area is 94.1 Å². The van der Waals surface area contributed by atoms with Crippen LogP contribution >= 0.6 is 38.3 Å². The molecule has 0 aromatic heterocycles. The van der Waals surface area contributed by atoms with Crippen LogP contribution < -0.4 is 8.35 Å². The first-order chi connectivity index (χ1) is 5.54. The molecule has 0 saturated carbocycles. The van der Waals surface area contributed by atoms with Gasteiger partial charge in [-0.15, -0.1) is 0 Å². The summed E-state index contributed by atoms with van der Waals surface area (Å²) in [6, 6.07) is 8.02. The molecule has 12 heavy (non-hydrogen) atoms. The van der Waals surface area contributed by atoms with Crippen molar-refractivity contribution in [3.05, 3.63) is 24.3 Å². The van der Waals surface area contributed by atoms with Gasteiger partial charge in [-0.1, -0.05) is 0 Å². The van der Waals surface area contributed by atoms with Crippen LogP contribution in [0.4, 0.5) is 0 Å². The molecule has 0 aliphatic carbocycles. The van der Waals surface area contributed by atoms with E-state index in [0.29, 0.717) is 0 Å². The van der Waals surface area contributed by atoms with E-state index in [0.717, 1.165) is 5.75 Å². The number of hydrogen-bond acceptors (Lipinski definition) is 1. The second-order valence-corrected chi connectivity index (χ2v) is 42.8. The molecule has 0 heterocycles. The second-order valence-electron chi connectivity index (χ2n) is 2.08. The molecule has 0 saturated heterocycles. The molecule has 5 heteroatoms. The van der Waals surface area contributed by atoms with E-state index >= 15 is 0 Å². The van der Waals surface area contributed by atoms with Crippen LogP contribution in [0.3, 0.4) is 0 Å². The summed E-state index contributed by atoms with van der Waals surface area (Å²) in [5.74, 6) is 0.887. The van der Waals surface area contributed by atoms with Crippen LogP contribution in [0.15, 0.2) is 24.3 Å². The van der Waals surface area contributed by atoms with E-state index in [4.69, 9.17) is 4.74 Å². The summed E-state index contributed by atoms with van der Waals surface area (Å²) in [6.45, 7) is 0. The summed E-state index contributed by atoms with van der Waals surface area (Å²) >= 11 is 8.66. The first-order valence-corrected chi connectivity index (χ1v) is 19.9. The van der Waals surface area contributed by atoms with Crippen molar-refractivity contribution < 1.29 is 4.74 Å². The van der Waals surface area contributed by atoms with Crippen LogP contribution in [0.5, 0.6) is 5.75 Å². The Hall–Kier alpha value is 1.25. The zero-order chi connectivity index (χ0) is 9.19. The van der Waals surface area contributed by atoms with Crippen molar-refractivity contribution >= 4 is 53.4 Å². The second kappa shape index (κ2) is 4.65. The van der Waals surface area contributed by atoms with Gasteiger partial charge in [0.25, 0.3) is 0 Å². The van der Waals surface area contributed by atoms with Crippen LogP contribution in [-0.2, 0) is 0 Å². The topological polar surface area (TPSA) is 9.23 Å². The third-order valence-corrected chi connectivity index (χ3v) is 11.2. The minimum atomic E-state index is -2.18. The first kappa shape index (κ1) is 11.3. The number of ether oxygens (including phenoxy) is 1. The fourth-order valence-corrected chi connectivity index (χ4v) is 6.34. The molecule has 1 rings (SSSR count). The van der Waals surface area contributed by atoms with Crippen molar-refractivity contribution in [3.8, 4) is 5.75 Å². The Kier molecular flexibility index (Phi) is 4.39. The molecule has 0 aliphatic heterocycles. The fourth-order valence-electron chi connectivity index (χ4n) is 0.730. The molecule has 68 valence electrons. The Bertz CT molecular complexity index is 254. The van der Waals surface area contributed by atoms with Gasteiger partial charge >= 0.3 is 95.3 Å². The molecule has 1 nitrogen and oxygen atoms in total. The summed E-state index contributed by atoms with van der Waals surface area (Å²) in [4.78, 5) is 0. The molecule has 0 bridgehead atoms. The zero-order valence-electron chi connectivity index (χ0n) is 6.26. The van der Waals surface area contributed by atoms with Crippen molar-refractivity contribution in [1.82, 2.24) is 0 Å². The van der Waals surface area contributed by atoms with E-state index in [9.17, 15) is 0 Å². The van der Waals surface area contributed by atoms with E-state index in [1.54, 1.807) is 7.11 Å². The molecular weight excluding hydrogens is 467 g/mol. The van der Waals surface area contributed by atoms with Crippen LogP contribution in [0, 0.1) is 0 Å². The predicted molar refractivity (Wildman–Crippen MR) is 65.2 cm³/mol. The van der Waals surface area contributed by atoms with Gasteiger partial charge in [0, 0.05) is 0 Å². The summed E-state index contributed by atoms with van der Waals surface area (Å²) in [5.41, 5.74) is 0. The van der Waals surface area contributed by atoms with Gasteiger partial charge in [0.05, 0.1) is 0 Å². The standard InChI is InChI=1S/C7H7Br3OTe/c1-11-6-2-4-7(5-3-6)12(8,9)10/h2-5H,1H3. The van der Waals surface area contributed by atoms with Crippen molar-refractivity contribution in [3.63, 3.8) is 0 Å². The minimum absolute atomic E-state index is 0.887. The van der Waals surface area contributed by atoms with Gasteiger partial charge in [-0.05, 0) is 0 Å². The van der Waals surface area contributed by atoms with Gasteiger partial charge in [-0.3, -0.25) is 0 Å². The number of hydrogen-bond donors (Lipinski definition) is 0. The average molecular weight is 474 g/mol. The zero-order valence-corrected chi connectivity index (χ0v) is 13.3. The molecule has 1 aromatic carbocycles.